The zero-order valence-electron chi connectivity index (χ0n) is 7.76. The van der Waals surface area contributed by atoms with E-state index < -0.39 is 0 Å². The van der Waals surface area contributed by atoms with Crippen molar-refractivity contribution in [2.45, 2.75) is 38.3 Å². The van der Waals surface area contributed by atoms with Crippen LogP contribution in [0.1, 0.15) is 26.7 Å². The van der Waals surface area contributed by atoms with Crippen LogP contribution in [0.3, 0.4) is 0 Å². The number of amides is 1. The Hall–Kier alpha value is -0.570. The van der Waals surface area contributed by atoms with E-state index in [0.29, 0.717) is 6.04 Å². The molecule has 1 aliphatic carbocycles. The van der Waals surface area contributed by atoms with Crippen LogP contribution in [0.4, 0.5) is 0 Å². The Labute approximate surface area is 73.1 Å². The summed E-state index contributed by atoms with van der Waals surface area (Å²) in [5, 5.41) is 2.90. The van der Waals surface area contributed by atoms with Crippen LogP contribution >= 0.6 is 0 Å². The molecule has 0 aromatic rings. The van der Waals surface area contributed by atoms with Gasteiger partial charge in [0.15, 0.2) is 0 Å². The predicted octanol–water partition coefficient (Wildman–Crippen LogP) is 0.359. The summed E-state index contributed by atoms with van der Waals surface area (Å²) in [4.78, 5) is 13.8. The number of carbonyl (C=O) groups excluding carboxylic acids is 1. The molecule has 0 bridgehead atoms. The van der Waals surface area contributed by atoms with Gasteiger partial charge in [-0.15, -0.1) is 0 Å². The number of rotatable bonds is 1. The second-order valence-electron chi connectivity index (χ2n) is 4.24. The molecule has 0 atom stereocenters. The van der Waals surface area contributed by atoms with Crippen LogP contribution in [0, 0.1) is 0 Å². The zero-order valence-corrected chi connectivity index (χ0v) is 7.76. The molecule has 2 fully saturated rings. The molecule has 0 spiro atoms. The smallest absolute Gasteiger partial charge is 0.240 e. The molecular formula is C9H16N2O. The van der Waals surface area contributed by atoms with Gasteiger partial charge in [0.2, 0.25) is 5.91 Å². The summed E-state index contributed by atoms with van der Waals surface area (Å²) in [7, 11) is 0. The van der Waals surface area contributed by atoms with E-state index in [4.69, 9.17) is 0 Å². The fourth-order valence-electron chi connectivity index (χ4n) is 1.94. The molecule has 2 rings (SSSR count). The first kappa shape index (κ1) is 8.05. The Morgan fingerprint density at radius 1 is 1.50 bits per heavy atom. The summed E-state index contributed by atoms with van der Waals surface area (Å²) in [6, 6.07) is 0.686. The first-order valence-electron chi connectivity index (χ1n) is 4.67. The average molecular weight is 168 g/mol. The van der Waals surface area contributed by atoms with E-state index in [1.807, 2.05) is 13.8 Å². The highest BCUT2D eigenvalue weighted by atomic mass is 16.2. The second-order valence-corrected chi connectivity index (χ2v) is 4.24. The van der Waals surface area contributed by atoms with E-state index in [1.54, 1.807) is 0 Å². The van der Waals surface area contributed by atoms with Crippen molar-refractivity contribution in [3.05, 3.63) is 0 Å². The monoisotopic (exact) mass is 168 g/mol. The van der Waals surface area contributed by atoms with Crippen molar-refractivity contribution in [3.63, 3.8) is 0 Å². The van der Waals surface area contributed by atoms with Crippen molar-refractivity contribution in [1.82, 2.24) is 10.2 Å². The third kappa shape index (κ3) is 1.12. The van der Waals surface area contributed by atoms with Crippen LogP contribution in [0.2, 0.25) is 0 Å². The number of hydrogen-bond donors (Lipinski definition) is 1. The molecule has 0 radical (unpaired) electrons. The second kappa shape index (κ2) is 2.46. The standard InChI is InChI=1S/C9H16N2O/c1-9(2)8(12)10-5-6-11(9)7-3-4-7/h7H,3-6H2,1-2H3,(H,10,12). The zero-order chi connectivity index (χ0) is 8.77. The van der Waals surface area contributed by atoms with Crippen LogP contribution in [0.5, 0.6) is 0 Å². The number of piperazine rings is 1. The van der Waals surface area contributed by atoms with Gasteiger partial charge in [-0.25, -0.2) is 0 Å². The first-order chi connectivity index (χ1) is 5.62. The molecule has 1 aliphatic heterocycles. The van der Waals surface area contributed by atoms with E-state index in [0.717, 1.165) is 13.1 Å². The first-order valence-corrected chi connectivity index (χ1v) is 4.67. The third-order valence-electron chi connectivity index (χ3n) is 2.90. The number of hydrogen-bond acceptors (Lipinski definition) is 2. The van der Waals surface area contributed by atoms with Crippen molar-refractivity contribution in [1.29, 1.82) is 0 Å². The highest BCUT2D eigenvalue weighted by Gasteiger charge is 2.44. The minimum Gasteiger partial charge on any atom is -0.353 e. The molecule has 1 heterocycles. The summed E-state index contributed by atoms with van der Waals surface area (Å²) >= 11 is 0. The summed E-state index contributed by atoms with van der Waals surface area (Å²) in [6.45, 7) is 5.86. The summed E-state index contributed by atoms with van der Waals surface area (Å²) < 4.78 is 0. The summed E-state index contributed by atoms with van der Waals surface area (Å²) in [6.07, 6.45) is 2.55. The number of nitrogens with one attached hydrogen (secondary N) is 1. The van der Waals surface area contributed by atoms with Gasteiger partial charge < -0.3 is 5.32 Å². The Kier molecular flexibility index (Phi) is 1.65. The molecule has 0 aromatic carbocycles. The molecule has 1 amide bonds. The maximum Gasteiger partial charge on any atom is 0.240 e. The topological polar surface area (TPSA) is 32.3 Å². The van der Waals surface area contributed by atoms with E-state index in [1.165, 1.54) is 12.8 Å². The van der Waals surface area contributed by atoms with Crippen molar-refractivity contribution in [3.8, 4) is 0 Å². The van der Waals surface area contributed by atoms with Crippen LogP contribution < -0.4 is 5.32 Å². The Morgan fingerprint density at radius 3 is 2.75 bits per heavy atom. The third-order valence-corrected chi connectivity index (χ3v) is 2.90. The normalized spacial score (nSPS) is 30.0. The van der Waals surface area contributed by atoms with Gasteiger partial charge in [0.1, 0.15) is 0 Å². The van der Waals surface area contributed by atoms with Crippen LogP contribution in [0.25, 0.3) is 0 Å². The summed E-state index contributed by atoms with van der Waals surface area (Å²) in [5.41, 5.74) is -0.278. The molecule has 1 saturated heterocycles. The molecule has 0 unspecified atom stereocenters. The van der Waals surface area contributed by atoms with E-state index in [-0.39, 0.29) is 11.4 Å². The van der Waals surface area contributed by atoms with Gasteiger partial charge >= 0.3 is 0 Å². The molecule has 1 saturated carbocycles. The Bertz CT molecular complexity index is 209. The van der Waals surface area contributed by atoms with Crippen molar-refractivity contribution < 1.29 is 4.79 Å². The van der Waals surface area contributed by atoms with E-state index in [9.17, 15) is 4.79 Å². The predicted molar refractivity (Wildman–Crippen MR) is 46.8 cm³/mol. The van der Waals surface area contributed by atoms with Gasteiger partial charge in [-0.3, -0.25) is 9.69 Å². The molecule has 3 heteroatoms. The van der Waals surface area contributed by atoms with Crippen molar-refractivity contribution in [2.75, 3.05) is 13.1 Å². The maximum atomic E-state index is 11.5. The summed E-state index contributed by atoms with van der Waals surface area (Å²) in [5.74, 6) is 0.181. The highest BCUT2D eigenvalue weighted by Crippen LogP contribution is 2.33. The maximum absolute atomic E-state index is 11.5. The Morgan fingerprint density at radius 2 is 2.17 bits per heavy atom. The fourth-order valence-corrected chi connectivity index (χ4v) is 1.94. The number of carbonyl (C=O) groups is 1. The fraction of sp³-hybridized carbons (Fsp3) is 0.889. The van der Waals surface area contributed by atoms with E-state index >= 15 is 0 Å². The average Bonchev–Trinajstić information content (AvgIpc) is 2.77. The van der Waals surface area contributed by atoms with Crippen molar-refractivity contribution >= 4 is 5.91 Å². The van der Waals surface area contributed by atoms with Crippen molar-refractivity contribution in [2.24, 2.45) is 0 Å². The van der Waals surface area contributed by atoms with Crippen LogP contribution in [-0.4, -0.2) is 35.5 Å². The molecule has 12 heavy (non-hydrogen) atoms. The van der Waals surface area contributed by atoms with Gasteiger partial charge in [-0.2, -0.15) is 0 Å². The van der Waals surface area contributed by atoms with Gasteiger partial charge in [-0.1, -0.05) is 0 Å². The van der Waals surface area contributed by atoms with Gasteiger partial charge in [0.25, 0.3) is 0 Å². The van der Waals surface area contributed by atoms with Crippen LogP contribution in [0.15, 0.2) is 0 Å². The lowest BCUT2D eigenvalue weighted by molar-refractivity contribution is -0.135. The van der Waals surface area contributed by atoms with Gasteiger partial charge in [0.05, 0.1) is 5.54 Å². The molecule has 1 N–H and O–H groups in total. The van der Waals surface area contributed by atoms with Crippen LogP contribution in [-0.2, 0) is 4.79 Å². The largest absolute Gasteiger partial charge is 0.353 e. The molecule has 3 nitrogen and oxygen atoms in total. The number of nitrogens with zero attached hydrogens (tertiary/aromatic N) is 1. The van der Waals surface area contributed by atoms with Gasteiger partial charge in [0, 0.05) is 19.1 Å². The molecule has 68 valence electrons. The Balaban J connectivity index is 2.14. The quantitative estimate of drug-likeness (QED) is 0.613. The lowest BCUT2D eigenvalue weighted by Gasteiger charge is -2.41. The van der Waals surface area contributed by atoms with E-state index in [2.05, 4.69) is 10.2 Å². The molecular weight excluding hydrogens is 152 g/mol. The minimum atomic E-state index is -0.278. The molecule has 2 aliphatic rings. The lowest BCUT2D eigenvalue weighted by atomic mass is 9.99. The highest BCUT2D eigenvalue weighted by molar-refractivity contribution is 5.86. The SMILES string of the molecule is CC1(C)C(=O)NCCN1C1CC1. The minimum absolute atomic E-state index is 0.181. The molecule has 0 aromatic heterocycles. The lowest BCUT2D eigenvalue weighted by Crippen LogP contribution is -2.62. The van der Waals surface area contributed by atoms with Gasteiger partial charge in [-0.05, 0) is 26.7 Å².